The Labute approximate surface area is 206 Å². The summed E-state index contributed by atoms with van der Waals surface area (Å²) in [6.07, 6.45) is 8.90. The first-order chi connectivity index (χ1) is 17.0. The Balaban J connectivity index is 0.000000779. The summed E-state index contributed by atoms with van der Waals surface area (Å²) < 4.78 is 25.7. The van der Waals surface area contributed by atoms with Gasteiger partial charge in [0.1, 0.15) is 18.3 Å². The fourth-order valence-corrected chi connectivity index (χ4v) is 3.08. The maximum absolute atomic E-state index is 12.9. The highest BCUT2D eigenvalue weighted by atomic mass is 19.1. The molecular weight excluding hydrogens is 446 g/mol. The van der Waals surface area contributed by atoms with Crippen LogP contribution >= 0.6 is 0 Å². The lowest BCUT2D eigenvalue weighted by molar-refractivity contribution is 0.511. The third-order valence-electron chi connectivity index (χ3n) is 4.88. The lowest BCUT2D eigenvalue weighted by Gasteiger charge is -2.14. The molecule has 35 heavy (non-hydrogen) atoms. The molecule has 0 spiro atoms. The largest absolute Gasteiger partial charge is 0.383 e. The molecular formula is C27H36F2N6. The van der Waals surface area contributed by atoms with E-state index in [2.05, 4.69) is 39.5 Å². The number of nitrogens with two attached hydrogens (primary N) is 2. The van der Waals surface area contributed by atoms with Gasteiger partial charge in [0, 0.05) is 34.5 Å². The van der Waals surface area contributed by atoms with Gasteiger partial charge < -0.3 is 11.2 Å². The van der Waals surface area contributed by atoms with Crippen molar-refractivity contribution in [3.05, 3.63) is 78.4 Å². The summed E-state index contributed by atoms with van der Waals surface area (Å²) in [5.74, 6) is 5.97. The highest BCUT2D eigenvalue weighted by Gasteiger charge is 2.15. The molecule has 1 aromatic carbocycles. The molecule has 1 atom stereocenters. The third kappa shape index (κ3) is 8.26. The van der Waals surface area contributed by atoms with Gasteiger partial charge in [0.2, 0.25) is 0 Å². The van der Waals surface area contributed by atoms with Gasteiger partial charge in [0.15, 0.2) is 0 Å². The van der Waals surface area contributed by atoms with Crippen LogP contribution in [0.15, 0.2) is 77.8 Å². The number of hydrogen-bond acceptors (Lipinski definition) is 5. The van der Waals surface area contributed by atoms with Crippen molar-refractivity contribution >= 4 is 22.6 Å². The molecule has 8 heteroatoms. The first kappa shape index (κ1) is 29.4. The molecule has 0 amide bonds. The zero-order valence-corrected chi connectivity index (χ0v) is 21.1. The number of amidine groups is 1. The van der Waals surface area contributed by atoms with E-state index in [1.807, 2.05) is 51.1 Å². The number of pyridine rings is 2. The van der Waals surface area contributed by atoms with Crippen molar-refractivity contribution in [2.45, 2.75) is 47.1 Å². The van der Waals surface area contributed by atoms with Crippen molar-refractivity contribution in [1.29, 1.82) is 0 Å². The number of nitrogens with one attached hydrogen (secondary N) is 1. The molecule has 0 saturated heterocycles. The summed E-state index contributed by atoms with van der Waals surface area (Å²) in [7, 11) is 0. The standard InChI is InChI=1S/C20H20F2N6.C5H10.C2H6/c1-12(15(9-21)10-22)27-20(28-24)17-8-14(11-26-19(17)23)16-6-2-4-13-5-3-7-25-18(13)16;1-3-5-4-2;1-2/h2-9,11-12H,10,24H2,1H3,(H2,23,26)(H,27,28);3,5H,4H2,1-2H3;1-2H3/b15-9+;5-3-;. The normalized spacial score (nSPS) is 12.5. The second kappa shape index (κ2) is 16.1. The zero-order chi connectivity index (χ0) is 26.2. The molecule has 2 aromatic heterocycles. The number of aromatic nitrogens is 2. The predicted octanol–water partition coefficient (Wildman–Crippen LogP) is 6.30. The SMILES string of the molecule is C/C=C\CC.CC.CC(N=C(NN)c1cc(-c2cccc3cccnc23)cnc1N)/C(=C/F)CF. The van der Waals surface area contributed by atoms with Gasteiger partial charge in [-0.1, -0.05) is 57.2 Å². The number of aliphatic imine (C=N–C) groups is 1. The molecule has 0 radical (unpaired) electrons. The number of benzene rings is 1. The van der Waals surface area contributed by atoms with Gasteiger partial charge in [-0.15, -0.1) is 0 Å². The van der Waals surface area contributed by atoms with Crippen LogP contribution in [0.25, 0.3) is 22.0 Å². The van der Waals surface area contributed by atoms with Gasteiger partial charge in [0.05, 0.1) is 23.5 Å². The number of para-hydroxylation sites is 1. The second-order valence-electron chi connectivity index (χ2n) is 7.13. The van der Waals surface area contributed by atoms with E-state index in [0.717, 1.165) is 28.5 Å². The van der Waals surface area contributed by atoms with Gasteiger partial charge in [-0.25, -0.2) is 19.6 Å². The lowest BCUT2D eigenvalue weighted by atomic mass is 10.0. The minimum atomic E-state index is -0.950. The summed E-state index contributed by atoms with van der Waals surface area (Å²) >= 11 is 0. The van der Waals surface area contributed by atoms with Crippen LogP contribution in [0.3, 0.4) is 0 Å². The monoisotopic (exact) mass is 482 g/mol. The molecule has 0 bridgehead atoms. The number of rotatable bonds is 6. The second-order valence-corrected chi connectivity index (χ2v) is 7.13. The summed E-state index contributed by atoms with van der Waals surface area (Å²) in [6, 6.07) is 10.7. The van der Waals surface area contributed by atoms with Crippen LogP contribution in [0.2, 0.25) is 0 Å². The molecule has 0 aliphatic carbocycles. The van der Waals surface area contributed by atoms with Crippen molar-refractivity contribution < 1.29 is 8.78 Å². The number of halogens is 2. The molecule has 6 nitrogen and oxygen atoms in total. The Morgan fingerprint density at radius 2 is 1.91 bits per heavy atom. The van der Waals surface area contributed by atoms with Crippen molar-refractivity contribution in [2.75, 3.05) is 12.4 Å². The Hall–Kier alpha value is -3.65. The van der Waals surface area contributed by atoms with E-state index in [-0.39, 0.29) is 23.6 Å². The summed E-state index contributed by atoms with van der Waals surface area (Å²) in [4.78, 5) is 12.9. The summed E-state index contributed by atoms with van der Waals surface area (Å²) in [6.45, 7) is 8.77. The van der Waals surface area contributed by atoms with E-state index in [9.17, 15) is 8.78 Å². The Bertz CT molecular complexity index is 1140. The fourth-order valence-electron chi connectivity index (χ4n) is 3.08. The number of fused-ring (bicyclic) bond motifs is 1. The van der Waals surface area contributed by atoms with Gasteiger partial charge in [-0.2, -0.15) is 0 Å². The molecule has 5 N–H and O–H groups in total. The molecule has 1 unspecified atom stereocenters. The molecule has 3 aromatic rings. The van der Waals surface area contributed by atoms with E-state index in [1.54, 1.807) is 25.4 Å². The van der Waals surface area contributed by atoms with E-state index in [0.29, 0.717) is 5.56 Å². The predicted molar refractivity (Wildman–Crippen MR) is 144 cm³/mol. The molecule has 3 rings (SSSR count). The Morgan fingerprint density at radius 3 is 2.49 bits per heavy atom. The van der Waals surface area contributed by atoms with Crippen molar-refractivity contribution in [2.24, 2.45) is 10.8 Å². The van der Waals surface area contributed by atoms with Crippen LogP contribution in [-0.4, -0.2) is 28.5 Å². The Kier molecular flexibility index (Phi) is 13.5. The lowest BCUT2D eigenvalue weighted by Crippen LogP contribution is -2.33. The van der Waals surface area contributed by atoms with Gasteiger partial charge >= 0.3 is 0 Å². The average Bonchev–Trinajstić information content (AvgIpc) is 2.90. The van der Waals surface area contributed by atoms with Gasteiger partial charge in [-0.05, 0) is 32.4 Å². The first-order valence-corrected chi connectivity index (χ1v) is 11.6. The fraction of sp³-hybridized carbons (Fsp3) is 0.296. The van der Waals surface area contributed by atoms with E-state index in [4.69, 9.17) is 11.6 Å². The average molecular weight is 483 g/mol. The van der Waals surface area contributed by atoms with Crippen molar-refractivity contribution in [3.63, 3.8) is 0 Å². The van der Waals surface area contributed by atoms with Crippen LogP contribution < -0.4 is 17.0 Å². The molecule has 0 aliphatic heterocycles. The van der Waals surface area contributed by atoms with E-state index in [1.165, 1.54) is 0 Å². The van der Waals surface area contributed by atoms with Crippen LogP contribution in [0.4, 0.5) is 14.6 Å². The minimum absolute atomic E-state index is 0.103. The van der Waals surface area contributed by atoms with Crippen LogP contribution in [0.5, 0.6) is 0 Å². The summed E-state index contributed by atoms with van der Waals surface area (Å²) in [5, 5.41) is 0.985. The third-order valence-corrected chi connectivity index (χ3v) is 4.88. The van der Waals surface area contributed by atoms with Crippen LogP contribution in [0.1, 0.15) is 46.6 Å². The highest BCUT2D eigenvalue weighted by molar-refractivity contribution is 6.04. The smallest absolute Gasteiger partial charge is 0.146 e. The number of hydrogen-bond donors (Lipinski definition) is 3. The molecule has 0 aliphatic rings. The number of anilines is 1. The first-order valence-electron chi connectivity index (χ1n) is 11.6. The molecule has 2 heterocycles. The highest BCUT2D eigenvalue weighted by Crippen LogP contribution is 2.28. The topological polar surface area (TPSA) is 102 Å². The molecule has 0 fully saturated rings. The number of nitrogens with zero attached hydrogens (tertiary/aromatic N) is 3. The minimum Gasteiger partial charge on any atom is -0.383 e. The van der Waals surface area contributed by atoms with E-state index >= 15 is 0 Å². The number of alkyl halides is 1. The van der Waals surface area contributed by atoms with E-state index < -0.39 is 12.7 Å². The number of hydrazine groups is 1. The van der Waals surface area contributed by atoms with Crippen molar-refractivity contribution in [3.8, 4) is 11.1 Å². The number of allylic oxidation sites excluding steroid dienone is 2. The van der Waals surface area contributed by atoms with Gasteiger partial charge in [0.25, 0.3) is 0 Å². The Morgan fingerprint density at radius 1 is 1.20 bits per heavy atom. The zero-order valence-electron chi connectivity index (χ0n) is 21.1. The number of nitrogen functional groups attached to an aromatic ring is 1. The quantitative estimate of drug-likeness (QED) is 0.126. The summed E-state index contributed by atoms with van der Waals surface area (Å²) in [5.41, 5.74) is 11.2. The molecule has 0 saturated carbocycles. The maximum Gasteiger partial charge on any atom is 0.146 e. The van der Waals surface area contributed by atoms with Crippen molar-refractivity contribution in [1.82, 2.24) is 15.4 Å². The maximum atomic E-state index is 12.9. The van der Waals surface area contributed by atoms with Crippen LogP contribution in [-0.2, 0) is 0 Å². The molecule has 188 valence electrons. The van der Waals surface area contributed by atoms with Gasteiger partial charge in [-0.3, -0.25) is 9.98 Å². The van der Waals surface area contributed by atoms with Crippen LogP contribution in [0, 0.1) is 0 Å².